The fourth-order valence-electron chi connectivity index (χ4n) is 4.25. The minimum atomic E-state index is -0.128. The summed E-state index contributed by atoms with van der Waals surface area (Å²) in [4.78, 5) is 44.2. The van der Waals surface area contributed by atoms with E-state index in [0.717, 1.165) is 29.5 Å². The second kappa shape index (κ2) is 8.45. The van der Waals surface area contributed by atoms with Crippen LogP contribution in [0.4, 0.5) is 11.7 Å². The number of benzene rings is 2. The maximum atomic E-state index is 12.7. The number of hydrogen-bond donors (Lipinski definition) is 1. The molecule has 8 heteroatoms. The van der Waals surface area contributed by atoms with Crippen molar-refractivity contribution < 1.29 is 18.8 Å². The van der Waals surface area contributed by atoms with Gasteiger partial charge in [0.05, 0.1) is 6.54 Å². The van der Waals surface area contributed by atoms with Gasteiger partial charge in [0.25, 0.3) is 6.01 Å². The predicted molar refractivity (Wildman–Crippen MR) is 119 cm³/mol. The molecule has 3 heterocycles. The van der Waals surface area contributed by atoms with Gasteiger partial charge in [0.1, 0.15) is 5.52 Å². The molecule has 0 unspecified atom stereocenters. The highest BCUT2D eigenvalue weighted by molar-refractivity contribution is 6.01. The molecule has 2 fully saturated rings. The van der Waals surface area contributed by atoms with Gasteiger partial charge >= 0.3 is 0 Å². The molecule has 3 aromatic rings. The van der Waals surface area contributed by atoms with E-state index in [1.54, 1.807) is 0 Å². The molecule has 1 N–H and O–H groups in total. The molecule has 164 valence electrons. The van der Waals surface area contributed by atoms with Crippen LogP contribution in [0.25, 0.3) is 11.1 Å². The van der Waals surface area contributed by atoms with Crippen LogP contribution in [-0.2, 0) is 20.9 Å². The van der Waals surface area contributed by atoms with Crippen molar-refractivity contribution in [2.75, 3.05) is 23.3 Å². The first kappa shape index (κ1) is 20.2. The van der Waals surface area contributed by atoms with Gasteiger partial charge in [0.2, 0.25) is 17.7 Å². The van der Waals surface area contributed by atoms with E-state index in [4.69, 9.17) is 4.42 Å². The van der Waals surface area contributed by atoms with E-state index < -0.39 is 0 Å². The van der Waals surface area contributed by atoms with Crippen molar-refractivity contribution in [3.63, 3.8) is 0 Å². The first-order valence-corrected chi connectivity index (χ1v) is 10.9. The monoisotopic (exact) mass is 432 g/mol. The average molecular weight is 432 g/mol. The summed E-state index contributed by atoms with van der Waals surface area (Å²) in [5.74, 6) is -0.330. The van der Waals surface area contributed by atoms with E-state index in [1.807, 2.05) is 48.5 Å². The lowest BCUT2D eigenvalue weighted by molar-refractivity contribution is -0.139. The lowest BCUT2D eigenvalue weighted by atomic mass is 9.96. The summed E-state index contributed by atoms with van der Waals surface area (Å²) in [7, 11) is 0. The summed E-state index contributed by atoms with van der Waals surface area (Å²) in [6.45, 7) is 1.70. The predicted octanol–water partition coefficient (Wildman–Crippen LogP) is 3.33. The molecule has 32 heavy (non-hydrogen) atoms. The summed E-state index contributed by atoms with van der Waals surface area (Å²) in [6.07, 6.45) is 2.03. The Bertz CT molecular complexity index is 1110. The minimum Gasteiger partial charge on any atom is -0.423 e. The number of hydrogen-bond acceptors (Lipinski definition) is 6. The highest BCUT2D eigenvalue weighted by Gasteiger charge is 2.29. The smallest absolute Gasteiger partial charge is 0.298 e. The molecule has 0 atom stereocenters. The van der Waals surface area contributed by atoms with E-state index in [2.05, 4.69) is 15.2 Å². The molecular formula is C24H24N4O4. The number of rotatable bonds is 5. The summed E-state index contributed by atoms with van der Waals surface area (Å²) in [6, 6.07) is 15.6. The first-order valence-electron chi connectivity index (χ1n) is 10.9. The van der Waals surface area contributed by atoms with Gasteiger partial charge in [-0.05, 0) is 42.7 Å². The Hall–Kier alpha value is -3.68. The number of imide groups is 1. The summed E-state index contributed by atoms with van der Waals surface area (Å²) >= 11 is 0. The molecule has 1 aromatic heterocycles. The number of oxazole rings is 1. The third kappa shape index (κ3) is 4.08. The Morgan fingerprint density at radius 3 is 2.38 bits per heavy atom. The van der Waals surface area contributed by atoms with Gasteiger partial charge in [0, 0.05) is 37.5 Å². The number of piperidine rings is 1. The fraction of sp³-hybridized carbons (Fsp3) is 0.333. The molecule has 2 aliphatic heterocycles. The number of carbonyl (C=O) groups is 3. The zero-order valence-electron chi connectivity index (χ0n) is 17.6. The van der Waals surface area contributed by atoms with Gasteiger partial charge in [-0.25, -0.2) is 0 Å². The second-order valence-electron chi connectivity index (χ2n) is 8.29. The van der Waals surface area contributed by atoms with Crippen molar-refractivity contribution in [1.29, 1.82) is 0 Å². The number of anilines is 2. The number of nitrogens with zero attached hydrogens (tertiary/aromatic N) is 3. The van der Waals surface area contributed by atoms with Crippen molar-refractivity contribution in [1.82, 2.24) is 9.88 Å². The molecule has 0 radical (unpaired) electrons. The standard InChI is InChI=1S/C24H24N4O4/c29-21-9-10-22(30)28(21)15-16-5-7-18(8-6-16)25-23(31)17-11-13-27(14-12-17)24-26-19-3-1-2-4-20(19)32-24/h1-8,17H,9-15H2,(H,25,31). The topological polar surface area (TPSA) is 95.8 Å². The SMILES string of the molecule is O=C(Nc1ccc(CN2C(=O)CCC2=O)cc1)C1CCN(c2nc3ccccc3o2)CC1. The van der Waals surface area contributed by atoms with Crippen LogP contribution in [0.1, 0.15) is 31.2 Å². The first-order chi connectivity index (χ1) is 15.6. The lowest BCUT2D eigenvalue weighted by Gasteiger charge is -2.30. The molecule has 2 aromatic carbocycles. The quantitative estimate of drug-likeness (QED) is 0.622. The molecule has 3 amide bonds. The molecule has 2 saturated heterocycles. The van der Waals surface area contributed by atoms with Crippen LogP contribution in [0.2, 0.25) is 0 Å². The van der Waals surface area contributed by atoms with Crippen LogP contribution in [0, 0.1) is 5.92 Å². The van der Waals surface area contributed by atoms with Crippen LogP contribution in [0.5, 0.6) is 0 Å². The van der Waals surface area contributed by atoms with Crippen LogP contribution in [-0.4, -0.2) is 40.7 Å². The summed E-state index contributed by atoms with van der Waals surface area (Å²) in [5.41, 5.74) is 3.17. The Morgan fingerprint density at radius 2 is 1.69 bits per heavy atom. The van der Waals surface area contributed by atoms with Gasteiger partial charge in [-0.3, -0.25) is 19.3 Å². The normalized spacial score (nSPS) is 17.4. The number of aromatic nitrogens is 1. The molecule has 0 spiro atoms. The van der Waals surface area contributed by atoms with Crippen molar-refractivity contribution in [3.05, 3.63) is 54.1 Å². The van der Waals surface area contributed by atoms with E-state index in [9.17, 15) is 14.4 Å². The summed E-state index contributed by atoms with van der Waals surface area (Å²) < 4.78 is 5.84. The van der Waals surface area contributed by atoms with E-state index in [-0.39, 0.29) is 43.0 Å². The van der Waals surface area contributed by atoms with E-state index >= 15 is 0 Å². The minimum absolute atomic E-state index is 0.000126. The van der Waals surface area contributed by atoms with Crippen molar-refractivity contribution >= 4 is 40.5 Å². The van der Waals surface area contributed by atoms with Crippen LogP contribution < -0.4 is 10.2 Å². The van der Waals surface area contributed by atoms with Gasteiger partial charge in [-0.15, -0.1) is 0 Å². The average Bonchev–Trinajstić information content (AvgIpc) is 3.39. The van der Waals surface area contributed by atoms with Crippen LogP contribution >= 0.6 is 0 Å². The van der Waals surface area contributed by atoms with Crippen LogP contribution in [0.3, 0.4) is 0 Å². The zero-order chi connectivity index (χ0) is 22.1. The molecule has 8 nitrogen and oxygen atoms in total. The number of fused-ring (bicyclic) bond motifs is 1. The molecule has 0 bridgehead atoms. The zero-order valence-corrected chi connectivity index (χ0v) is 17.6. The number of nitrogens with one attached hydrogen (secondary N) is 1. The summed E-state index contributed by atoms with van der Waals surface area (Å²) in [5, 5.41) is 2.98. The third-order valence-corrected chi connectivity index (χ3v) is 6.14. The molecule has 0 aliphatic carbocycles. The van der Waals surface area contributed by atoms with E-state index in [0.29, 0.717) is 24.8 Å². The Balaban J connectivity index is 1.14. The highest BCUT2D eigenvalue weighted by Crippen LogP contribution is 2.27. The molecule has 0 saturated carbocycles. The number of carbonyl (C=O) groups excluding carboxylic acids is 3. The molecular weight excluding hydrogens is 408 g/mol. The Kier molecular flexibility index (Phi) is 5.34. The van der Waals surface area contributed by atoms with Gasteiger partial charge < -0.3 is 14.6 Å². The Labute approximate surface area is 185 Å². The second-order valence-corrected chi connectivity index (χ2v) is 8.29. The third-order valence-electron chi connectivity index (χ3n) is 6.14. The number of likely N-dealkylation sites (tertiary alicyclic amines) is 1. The Morgan fingerprint density at radius 1 is 1.00 bits per heavy atom. The maximum absolute atomic E-state index is 12.7. The number of amides is 3. The van der Waals surface area contributed by atoms with Crippen LogP contribution in [0.15, 0.2) is 52.9 Å². The largest absolute Gasteiger partial charge is 0.423 e. The molecule has 5 rings (SSSR count). The van der Waals surface area contributed by atoms with E-state index in [1.165, 1.54) is 4.90 Å². The lowest BCUT2D eigenvalue weighted by Crippen LogP contribution is -2.38. The molecule has 2 aliphatic rings. The fourth-order valence-corrected chi connectivity index (χ4v) is 4.25. The van der Waals surface area contributed by atoms with Crippen molar-refractivity contribution in [2.45, 2.75) is 32.2 Å². The van der Waals surface area contributed by atoms with Gasteiger partial charge in [0.15, 0.2) is 5.58 Å². The van der Waals surface area contributed by atoms with Gasteiger partial charge in [-0.1, -0.05) is 24.3 Å². The maximum Gasteiger partial charge on any atom is 0.298 e. The van der Waals surface area contributed by atoms with Crippen molar-refractivity contribution in [2.24, 2.45) is 5.92 Å². The van der Waals surface area contributed by atoms with Gasteiger partial charge in [-0.2, -0.15) is 4.98 Å². The van der Waals surface area contributed by atoms with Crippen molar-refractivity contribution in [3.8, 4) is 0 Å². The highest BCUT2D eigenvalue weighted by atomic mass is 16.4. The number of para-hydroxylation sites is 2.